The summed E-state index contributed by atoms with van der Waals surface area (Å²) in [6, 6.07) is 7.76. The van der Waals surface area contributed by atoms with Crippen LogP contribution in [0.3, 0.4) is 0 Å². The molecule has 1 saturated heterocycles. The maximum Gasteiger partial charge on any atom is 0.271 e. The number of nitro benzene ring substituents is 1. The Morgan fingerprint density at radius 2 is 1.94 bits per heavy atom. The number of pyridine rings is 1. The third-order valence-corrected chi connectivity index (χ3v) is 7.10. The lowest BCUT2D eigenvalue weighted by atomic mass is 9.64. The quantitative estimate of drug-likeness (QED) is 0.420. The van der Waals surface area contributed by atoms with E-state index in [4.69, 9.17) is 4.98 Å². The van der Waals surface area contributed by atoms with E-state index in [1.807, 2.05) is 0 Å². The Morgan fingerprint density at radius 3 is 2.76 bits per heavy atom. The van der Waals surface area contributed by atoms with Crippen LogP contribution in [0.5, 0.6) is 0 Å². The average molecular weight is 448 g/mol. The lowest BCUT2D eigenvalue weighted by Gasteiger charge is -2.37. The smallest absolute Gasteiger partial charge is 0.271 e. The summed E-state index contributed by atoms with van der Waals surface area (Å²) in [5.41, 5.74) is 2.83. The van der Waals surface area contributed by atoms with Gasteiger partial charge in [0.15, 0.2) is 0 Å². The van der Waals surface area contributed by atoms with Crippen molar-refractivity contribution in [1.82, 2.24) is 10.3 Å². The van der Waals surface area contributed by atoms with Crippen molar-refractivity contribution in [3.8, 4) is 0 Å². The summed E-state index contributed by atoms with van der Waals surface area (Å²) in [6.07, 6.45) is 5.78. The second kappa shape index (κ2) is 8.06. The van der Waals surface area contributed by atoms with Gasteiger partial charge < -0.3 is 5.32 Å². The third kappa shape index (κ3) is 3.57. The first-order valence-corrected chi connectivity index (χ1v) is 11.3. The second-order valence-electron chi connectivity index (χ2n) is 9.06. The van der Waals surface area contributed by atoms with Gasteiger partial charge in [-0.15, -0.1) is 0 Å². The van der Waals surface area contributed by atoms with Gasteiger partial charge in [-0.3, -0.25) is 34.8 Å². The Labute approximate surface area is 190 Å². The molecule has 33 heavy (non-hydrogen) atoms. The Morgan fingerprint density at radius 1 is 1.15 bits per heavy atom. The number of amides is 3. The highest BCUT2D eigenvalue weighted by Crippen LogP contribution is 2.47. The molecule has 2 aromatic rings. The fourth-order valence-corrected chi connectivity index (χ4v) is 5.55. The molecule has 9 nitrogen and oxygen atoms in total. The van der Waals surface area contributed by atoms with Crippen LogP contribution < -0.4 is 10.6 Å². The summed E-state index contributed by atoms with van der Waals surface area (Å²) in [4.78, 5) is 54.3. The Balaban J connectivity index is 1.47. The zero-order chi connectivity index (χ0) is 23.2. The summed E-state index contributed by atoms with van der Waals surface area (Å²) in [6.45, 7) is 0. The van der Waals surface area contributed by atoms with Crippen LogP contribution in [0.25, 0.3) is 0 Å². The van der Waals surface area contributed by atoms with E-state index in [9.17, 15) is 24.5 Å². The number of fused-ring (bicyclic) bond motifs is 3. The van der Waals surface area contributed by atoms with E-state index in [0.29, 0.717) is 12.1 Å². The van der Waals surface area contributed by atoms with E-state index in [-0.39, 0.29) is 23.7 Å². The van der Waals surface area contributed by atoms with Crippen molar-refractivity contribution in [2.75, 3.05) is 5.32 Å². The number of hydrogen-bond acceptors (Lipinski definition) is 6. The van der Waals surface area contributed by atoms with Crippen molar-refractivity contribution >= 4 is 29.1 Å². The van der Waals surface area contributed by atoms with Gasteiger partial charge in [-0.25, -0.2) is 0 Å². The predicted molar refractivity (Wildman–Crippen MR) is 118 cm³/mol. The molecule has 3 aliphatic rings. The number of nitrogens with one attached hydrogen (secondary N) is 2. The first-order valence-electron chi connectivity index (χ1n) is 11.3. The van der Waals surface area contributed by atoms with E-state index in [1.165, 1.54) is 23.8 Å². The van der Waals surface area contributed by atoms with Crippen LogP contribution in [0.15, 0.2) is 30.3 Å². The van der Waals surface area contributed by atoms with Crippen molar-refractivity contribution in [3.63, 3.8) is 0 Å². The molecule has 0 bridgehead atoms. The number of nitrogens with zero attached hydrogens (tertiary/aromatic N) is 2. The molecule has 1 aromatic heterocycles. The zero-order valence-electron chi connectivity index (χ0n) is 18.1. The molecule has 9 heteroatoms. The number of benzene rings is 1. The van der Waals surface area contributed by atoms with Crippen LogP contribution in [0, 0.1) is 16.0 Å². The van der Waals surface area contributed by atoms with Gasteiger partial charge in [0.25, 0.3) is 5.69 Å². The highest BCUT2D eigenvalue weighted by Gasteiger charge is 2.59. The number of carbonyl (C=O) groups is 3. The number of non-ortho nitro benzene ring substituents is 1. The zero-order valence-corrected chi connectivity index (χ0v) is 18.1. The first kappa shape index (κ1) is 21.2. The van der Waals surface area contributed by atoms with E-state index < -0.39 is 28.1 Å². The molecule has 2 unspecified atom stereocenters. The van der Waals surface area contributed by atoms with Crippen molar-refractivity contribution in [2.24, 2.45) is 5.92 Å². The van der Waals surface area contributed by atoms with Gasteiger partial charge in [-0.2, -0.15) is 0 Å². The van der Waals surface area contributed by atoms with Gasteiger partial charge in [0.05, 0.1) is 16.5 Å². The summed E-state index contributed by atoms with van der Waals surface area (Å²) in [7, 11) is 0. The number of anilines is 1. The molecule has 170 valence electrons. The molecule has 1 spiro atoms. The summed E-state index contributed by atoms with van der Waals surface area (Å²) in [5.74, 6) is -2.21. The molecule has 1 aromatic carbocycles. The second-order valence-corrected chi connectivity index (χ2v) is 9.06. The molecule has 2 aliphatic carbocycles. The van der Waals surface area contributed by atoms with Crippen molar-refractivity contribution in [2.45, 2.75) is 56.8 Å². The van der Waals surface area contributed by atoms with Gasteiger partial charge in [-0.1, -0.05) is 12.1 Å². The highest BCUT2D eigenvalue weighted by molar-refractivity contribution is 6.12. The van der Waals surface area contributed by atoms with Crippen LogP contribution in [-0.4, -0.2) is 27.6 Å². The first-order chi connectivity index (χ1) is 15.9. The lowest BCUT2D eigenvalue weighted by Crippen LogP contribution is -2.45. The normalized spacial score (nSPS) is 23.6. The topological polar surface area (TPSA) is 131 Å². The molecule has 1 aliphatic heterocycles. The standard InChI is InChI=1S/C24H24N4O5/c29-20(25-16-7-3-8-17(12-16)28(32)33)13-18-22(30)27-23(31)24(18)10-4-6-15-11-14-5-1-2-9-19(14)26-21(15)24/h3,7-8,11-12,18H,1-2,4-6,9-10,13H2,(H,25,29)(H,27,30,31). The molecule has 2 heterocycles. The largest absolute Gasteiger partial charge is 0.326 e. The summed E-state index contributed by atoms with van der Waals surface area (Å²) >= 11 is 0. The Bertz CT molecular complexity index is 1190. The number of hydrogen-bond donors (Lipinski definition) is 2. The number of aryl methyl sites for hydroxylation is 3. The van der Waals surface area contributed by atoms with Gasteiger partial charge >= 0.3 is 0 Å². The van der Waals surface area contributed by atoms with E-state index in [0.717, 1.165) is 49.8 Å². The van der Waals surface area contributed by atoms with Crippen LogP contribution in [0.1, 0.15) is 54.6 Å². The fraction of sp³-hybridized carbons (Fsp3) is 0.417. The van der Waals surface area contributed by atoms with Crippen LogP contribution in [0.4, 0.5) is 11.4 Å². The monoisotopic (exact) mass is 448 g/mol. The van der Waals surface area contributed by atoms with Gasteiger partial charge in [0, 0.05) is 29.9 Å². The maximum absolute atomic E-state index is 13.2. The van der Waals surface area contributed by atoms with Crippen LogP contribution in [-0.2, 0) is 39.1 Å². The van der Waals surface area contributed by atoms with E-state index in [2.05, 4.69) is 16.7 Å². The SMILES string of the molecule is O=C(CC1C(=O)NC(=O)C12CCCc1cc3c(nc12)CCCC3)Nc1cccc([N+](=O)[O-])c1. The minimum Gasteiger partial charge on any atom is -0.326 e. The number of nitro groups is 1. The summed E-state index contributed by atoms with van der Waals surface area (Å²) in [5, 5.41) is 16.1. The van der Waals surface area contributed by atoms with Crippen LogP contribution in [0.2, 0.25) is 0 Å². The van der Waals surface area contributed by atoms with E-state index >= 15 is 0 Å². The van der Waals surface area contributed by atoms with Crippen molar-refractivity contribution < 1.29 is 19.3 Å². The molecule has 5 rings (SSSR count). The number of aromatic nitrogens is 1. The van der Waals surface area contributed by atoms with Crippen LogP contribution >= 0.6 is 0 Å². The molecule has 0 radical (unpaired) electrons. The molecule has 2 N–H and O–H groups in total. The fourth-order valence-electron chi connectivity index (χ4n) is 5.55. The molecular weight excluding hydrogens is 424 g/mol. The number of imide groups is 1. The van der Waals surface area contributed by atoms with Crippen molar-refractivity contribution in [1.29, 1.82) is 0 Å². The summed E-state index contributed by atoms with van der Waals surface area (Å²) < 4.78 is 0. The van der Waals surface area contributed by atoms with Gasteiger partial charge in [0.1, 0.15) is 5.41 Å². The maximum atomic E-state index is 13.2. The van der Waals surface area contributed by atoms with Gasteiger partial charge in [0.2, 0.25) is 17.7 Å². The van der Waals surface area contributed by atoms with E-state index in [1.54, 1.807) is 6.07 Å². The minimum absolute atomic E-state index is 0.145. The average Bonchev–Trinajstić information content (AvgIpc) is 3.02. The lowest BCUT2D eigenvalue weighted by molar-refractivity contribution is -0.384. The highest BCUT2D eigenvalue weighted by atomic mass is 16.6. The third-order valence-electron chi connectivity index (χ3n) is 7.10. The molecule has 0 saturated carbocycles. The Kier molecular flexibility index (Phi) is 5.19. The minimum atomic E-state index is -1.16. The Hall–Kier alpha value is -3.62. The molecule has 3 amide bonds. The molecule has 2 atom stereocenters. The van der Waals surface area contributed by atoms with Crippen molar-refractivity contribution in [3.05, 3.63) is 63.0 Å². The molecule has 1 fully saturated rings. The number of carbonyl (C=O) groups excluding carboxylic acids is 3. The molecular formula is C24H24N4O5. The van der Waals surface area contributed by atoms with Gasteiger partial charge in [-0.05, 0) is 62.1 Å². The predicted octanol–water partition coefficient (Wildman–Crippen LogP) is 2.74. The number of rotatable bonds is 4.